The van der Waals surface area contributed by atoms with Crippen molar-refractivity contribution in [1.29, 1.82) is 0 Å². The maximum atomic E-state index is 12.6. The van der Waals surface area contributed by atoms with Gasteiger partial charge in [0, 0.05) is 18.4 Å². The fourth-order valence-electron chi connectivity index (χ4n) is 2.96. The summed E-state index contributed by atoms with van der Waals surface area (Å²) in [5.74, 6) is 1.15. The number of carbonyl (C=O) groups excluding carboxylic acids is 1. The Labute approximate surface area is 170 Å². The quantitative estimate of drug-likeness (QED) is 0.602. The van der Waals surface area contributed by atoms with Crippen molar-refractivity contribution in [3.8, 4) is 11.5 Å². The van der Waals surface area contributed by atoms with Gasteiger partial charge in [-0.25, -0.2) is 0 Å². The minimum Gasteiger partial charge on any atom is -0.493 e. The lowest BCUT2D eigenvalue weighted by atomic mass is 10.1. The van der Waals surface area contributed by atoms with E-state index in [0.717, 1.165) is 16.8 Å². The predicted molar refractivity (Wildman–Crippen MR) is 113 cm³/mol. The van der Waals surface area contributed by atoms with Crippen molar-refractivity contribution in [1.82, 2.24) is 10.3 Å². The number of amides is 1. The summed E-state index contributed by atoms with van der Waals surface area (Å²) < 4.78 is 10.6. The number of pyridine rings is 1. The van der Waals surface area contributed by atoms with E-state index >= 15 is 0 Å². The highest BCUT2D eigenvalue weighted by molar-refractivity contribution is 5.93. The van der Waals surface area contributed by atoms with Gasteiger partial charge in [-0.05, 0) is 42.3 Å². The van der Waals surface area contributed by atoms with Gasteiger partial charge in [0.05, 0.1) is 20.3 Å². The van der Waals surface area contributed by atoms with E-state index in [-0.39, 0.29) is 11.9 Å². The molecular weight excluding hydrogens is 366 g/mol. The van der Waals surface area contributed by atoms with E-state index < -0.39 is 0 Å². The second-order valence-corrected chi connectivity index (χ2v) is 6.58. The molecule has 0 aliphatic rings. The van der Waals surface area contributed by atoms with Crippen LogP contribution < -0.4 is 20.1 Å². The highest BCUT2D eigenvalue weighted by Gasteiger charge is 2.13. The summed E-state index contributed by atoms with van der Waals surface area (Å²) >= 11 is 0. The van der Waals surface area contributed by atoms with Crippen LogP contribution in [0.2, 0.25) is 0 Å². The maximum absolute atomic E-state index is 12.6. The number of nitrogens with one attached hydrogen (secondary N) is 2. The topological polar surface area (TPSA) is 72.5 Å². The number of benzene rings is 2. The molecule has 0 saturated carbocycles. The second-order valence-electron chi connectivity index (χ2n) is 6.58. The molecule has 6 heteroatoms. The standard InChI is InChI=1S/C23H25N3O3/c1-16(18-7-5-4-6-8-18)26-23(27)20-14-19(11-12-24-20)25-15-17-9-10-21(28-2)22(13-17)29-3/h4-14,16H,15H2,1-3H3,(H,24,25)(H,26,27). The van der Waals surface area contributed by atoms with Crippen LogP contribution in [-0.4, -0.2) is 25.1 Å². The molecular formula is C23H25N3O3. The van der Waals surface area contributed by atoms with Gasteiger partial charge in [-0.2, -0.15) is 0 Å². The number of nitrogens with zero attached hydrogens (tertiary/aromatic N) is 1. The van der Waals surface area contributed by atoms with Gasteiger partial charge in [0.2, 0.25) is 0 Å². The van der Waals surface area contributed by atoms with Crippen LogP contribution in [0, 0.1) is 0 Å². The molecule has 0 fully saturated rings. The normalized spacial score (nSPS) is 11.4. The zero-order valence-corrected chi connectivity index (χ0v) is 16.8. The molecule has 1 unspecified atom stereocenters. The van der Waals surface area contributed by atoms with E-state index in [1.807, 2.05) is 61.5 Å². The van der Waals surface area contributed by atoms with E-state index in [0.29, 0.717) is 23.7 Å². The molecule has 150 valence electrons. The summed E-state index contributed by atoms with van der Waals surface area (Å²) in [6.45, 7) is 2.53. The van der Waals surface area contributed by atoms with Gasteiger partial charge in [0.1, 0.15) is 5.69 Å². The van der Waals surface area contributed by atoms with Crippen LogP contribution in [0.5, 0.6) is 11.5 Å². The summed E-state index contributed by atoms with van der Waals surface area (Å²) in [7, 11) is 3.22. The fraction of sp³-hybridized carbons (Fsp3) is 0.217. The van der Waals surface area contributed by atoms with Gasteiger partial charge in [-0.1, -0.05) is 36.4 Å². The average Bonchev–Trinajstić information content (AvgIpc) is 2.78. The maximum Gasteiger partial charge on any atom is 0.270 e. The molecule has 2 N–H and O–H groups in total. The summed E-state index contributed by atoms with van der Waals surface area (Å²) in [6.07, 6.45) is 1.62. The molecule has 1 aromatic heterocycles. The molecule has 6 nitrogen and oxygen atoms in total. The first-order valence-corrected chi connectivity index (χ1v) is 9.37. The number of anilines is 1. The smallest absolute Gasteiger partial charge is 0.270 e. The second kappa shape index (κ2) is 9.59. The van der Waals surface area contributed by atoms with Crippen LogP contribution in [-0.2, 0) is 6.54 Å². The Morgan fingerprint density at radius 1 is 1.00 bits per heavy atom. The molecule has 3 rings (SSSR count). The Kier molecular flexibility index (Phi) is 6.68. The SMILES string of the molecule is COc1ccc(CNc2ccnc(C(=O)NC(C)c3ccccc3)c2)cc1OC. The van der Waals surface area contributed by atoms with Crippen molar-refractivity contribution in [2.45, 2.75) is 19.5 Å². The molecule has 1 amide bonds. The van der Waals surface area contributed by atoms with E-state index in [9.17, 15) is 4.79 Å². The van der Waals surface area contributed by atoms with Crippen molar-refractivity contribution in [3.63, 3.8) is 0 Å². The monoisotopic (exact) mass is 391 g/mol. The van der Waals surface area contributed by atoms with Gasteiger partial charge in [0.15, 0.2) is 11.5 Å². The molecule has 0 spiro atoms. The van der Waals surface area contributed by atoms with Gasteiger partial charge in [0.25, 0.3) is 5.91 Å². The number of carbonyl (C=O) groups is 1. The third-order valence-corrected chi connectivity index (χ3v) is 4.58. The molecule has 3 aromatic rings. The largest absolute Gasteiger partial charge is 0.493 e. The van der Waals surface area contributed by atoms with Crippen LogP contribution in [0.1, 0.15) is 34.6 Å². The van der Waals surface area contributed by atoms with E-state index in [4.69, 9.17) is 9.47 Å². The zero-order valence-electron chi connectivity index (χ0n) is 16.8. The van der Waals surface area contributed by atoms with Crippen LogP contribution in [0.3, 0.4) is 0 Å². The fourth-order valence-corrected chi connectivity index (χ4v) is 2.96. The molecule has 0 aliphatic carbocycles. The number of methoxy groups -OCH3 is 2. The average molecular weight is 391 g/mol. The zero-order chi connectivity index (χ0) is 20.6. The van der Waals surface area contributed by atoms with Crippen molar-refractivity contribution >= 4 is 11.6 Å². The van der Waals surface area contributed by atoms with Crippen molar-refractivity contribution in [2.24, 2.45) is 0 Å². The molecule has 29 heavy (non-hydrogen) atoms. The Morgan fingerprint density at radius 3 is 2.48 bits per heavy atom. The van der Waals surface area contributed by atoms with Gasteiger partial charge in [-0.15, -0.1) is 0 Å². The third-order valence-electron chi connectivity index (χ3n) is 4.58. The van der Waals surface area contributed by atoms with E-state index in [2.05, 4.69) is 15.6 Å². The summed E-state index contributed by atoms with van der Waals surface area (Å²) in [5.41, 5.74) is 3.25. The molecule has 2 aromatic carbocycles. The molecule has 1 atom stereocenters. The first-order chi connectivity index (χ1) is 14.1. The highest BCUT2D eigenvalue weighted by atomic mass is 16.5. The number of hydrogen-bond acceptors (Lipinski definition) is 5. The molecule has 0 radical (unpaired) electrons. The highest BCUT2D eigenvalue weighted by Crippen LogP contribution is 2.27. The lowest BCUT2D eigenvalue weighted by Gasteiger charge is -2.14. The Bertz CT molecular complexity index is 961. The number of hydrogen-bond donors (Lipinski definition) is 2. The number of aromatic nitrogens is 1. The van der Waals surface area contributed by atoms with Crippen LogP contribution in [0.4, 0.5) is 5.69 Å². The minimum absolute atomic E-state index is 0.103. The molecule has 0 aliphatic heterocycles. The van der Waals surface area contributed by atoms with Crippen molar-refractivity contribution < 1.29 is 14.3 Å². The van der Waals surface area contributed by atoms with Crippen LogP contribution in [0.25, 0.3) is 0 Å². The van der Waals surface area contributed by atoms with Crippen LogP contribution in [0.15, 0.2) is 66.9 Å². The molecule has 0 bridgehead atoms. The minimum atomic E-state index is -0.212. The van der Waals surface area contributed by atoms with Gasteiger partial charge < -0.3 is 20.1 Å². The first kappa shape index (κ1) is 20.2. The lowest BCUT2D eigenvalue weighted by Crippen LogP contribution is -2.27. The Hall–Kier alpha value is -3.54. The number of rotatable bonds is 8. The third kappa shape index (κ3) is 5.25. The van der Waals surface area contributed by atoms with Crippen molar-refractivity contribution in [3.05, 3.63) is 83.7 Å². The Morgan fingerprint density at radius 2 is 1.76 bits per heavy atom. The van der Waals surface area contributed by atoms with Gasteiger partial charge >= 0.3 is 0 Å². The summed E-state index contributed by atoms with van der Waals surface area (Å²) in [4.78, 5) is 16.8. The van der Waals surface area contributed by atoms with E-state index in [1.165, 1.54) is 0 Å². The summed E-state index contributed by atoms with van der Waals surface area (Å²) in [5, 5.41) is 6.30. The van der Waals surface area contributed by atoms with Crippen molar-refractivity contribution in [2.75, 3.05) is 19.5 Å². The molecule has 1 heterocycles. The van der Waals surface area contributed by atoms with E-state index in [1.54, 1.807) is 26.5 Å². The number of ether oxygens (including phenoxy) is 2. The Balaban J connectivity index is 1.64. The van der Waals surface area contributed by atoms with Gasteiger partial charge in [-0.3, -0.25) is 9.78 Å². The van der Waals surface area contributed by atoms with Crippen LogP contribution >= 0.6 is 0 Å². The molecule has 0 saturated heterocycles. The lowest BCUT2D eigenvalue weighted by molar-refractivity contribution is 0.0935. The summed E-state index contributed by atoms with van der Waals surface area (Å²) in [6, 6.07) is 19.1. The first-order valence-electron chi connectivity index (χ1n) is 9.37. The predicted octanol–water partition coefficient (Wildman–Crippen LogP) is 4.20.